The summed E-state index contributed by atoms with van der Waals surface area (Å²) in [6, 6.07) is -1.39. The maximum absolute atomic E-state index is 12.6. The van der Waals surface area contributed by atoms with Crippen LogP contribution < -0.4 is 4.68 Å². The highest BCUT2D eigenvalue weighted by Gasteiger charge is 2.70. The summed E-state index contributed by atoms with van der Waals surface area (Å²) in [4.78, 5) is 24.1. The van der Waals surface area contributed by atoms with Crippen molar-refractivity contribution in [2.75, 3.05) is 0 Å². The van der Waals surface area contributed by atoms with Gasteiger partial charge in [-0.2, -0.15) is 0 Å². The Morgan fingerprint density at radius 1 is 1.62 bits per heavy atom. The fourth-order valence-electron chi connectivity index (χ4n) is 3.11. The summed E-state index contributed by atoms with van der Waals surface area (Å²) in [6.07, 6.45) is 3.05. The minimum atomic E-state index is -3.79. The number of rotatable bonds is 3. The van der Waals surface area contributed by atoms with Crippen LogP contribution in [-0.2, 0) is 33.0 Å². The largest absolute Gasteiger partial charge is 0.480 e. The minimum Gasteiger partial charge on any atom is -0.480 e. The molecule has 0 aromatic carbocycles. The summed E-state index contributed by atoms with van der Waals surface area (Å²) in [6.45, 7) is 1.25. The average molecular weight is 315 g/mol. The van der Waals surface area contributed by atoms with Crippen molar-refractivity contribution in [2.24, 2.45) is 7.05 Å². The Morgan fingerprint density at radius 2 is 2.29 bits per heavy atom. The second-order valence-corrected chi connectivity index (χ2v) is 8.18. The van der Waals surface area contributed by atoms with E-state index in [-0.39, 0.29) is 13.0 Å². The summed E-state index contributed by atoms with van der Waals surface area (Å²) in [5, 5.41) is 12.4. The van der Waals surface area contributed by atoms with E-state index < -0.39 is 37.9 Å². The maximum Gasteiger partial charge on any atom is 0.328 e. The van der Waals surface area contributed by atoms with E-state index in [2.05, 4.69) is 5.21 Å². The average Bonchev–Trinajstić information content (AvgIpc) is 2.81. The number of aromatic nitrogens is 3. The molecule has 0 aliphatic carbocycles. The van der Waals surface area contributed by atoms with Gasteiger partial charge in [0.15, 0.2) is 28.3 Å². The smallest absolute Gasteiger partial charge is 0.328 e. The third-order valence-electron chi connectivity index (χ3n) is 4.23. The molecule has 1 amide bonds. The van der Waals surface area contributed by atoms with Crippen molar-refractivity contribution in [3.8, 4) is 0 Å². The van der Waals surface area contributed by atoms with E-state index in [1.807, 2.05) is 0 Å². The molecular weight excluding hydrogens is 300 g/mol. The molecule has 0 spiro atoms. The first-order chi connectivity index (χ1) is 9.68. The van der Waals surface area contributed by atoms with Crippen LogP contribution in [0.25, 0.3) is 0 Å². The molecule has 1 N–H and O–H groups in total. The van der Waals surface area contributed by atoms with E-state index in [1.165, 1.54) is 16.3 Å². The first-order valence-corrected chi connectivity index (χ1v) is 7.90. The number of aliphatic carboxylic acids is 1. The Bertz CT molecular complexity index is 742. The summed E-state index contributed by atoms with van der Waals surface area (Å²) in [7, 11) is -2.12. The van der Waals surface area contributed by atoms with Crippen LogP contribution in [0.15, 0.2) is 12.4 Å². The van der Waals surface area contributed by atoms with Crippen molar-refractivity contribution < 1.29 is 27.8 Å². The molecule has 1 aromatic heterocycles. The van der Waals surface area contributed by atoms with Crippen molar-refractivity contribution in [1.82, 2.24) is 14.8 Å². The zero-order chi connectivity index (χ0) is 15.6. The highest BCUT2D eigenvalue weighted by Crippen LogP contribution is 2.46. The maximum atomic E-state index is 12.6. The number of amides is 1. The van der Waals surface area contributed by atoms with Crippen molar-refractivity contribution >= 4 is 21.7 Å². The van der Waals surface area contributed by atoms with Crippen molar-refractivity contribution in [1.29, 1.82) is 0 Å². The van der Waals surface area contributed by atoms with Gasteiger partial charge in [-0.3, -0.25) is 4.79 Å². The van der Waals surface area contributed by atoms with Gasteiger partial charge in [-0.05, 0) is 6.92 Å². The van der Waals surface area contributed by atoms with Gasteiger partial charge < -0.3 is 10.0 Å². The molecule has 2 aliphatic rings. The number of hydrogen-bond acceptors (Lipinski definition) is 5. The van der Waals surface area contributed by atoms with Crippen molar-refractivity contribution in [3.05, 3.63) is 12.4 Å². The zero-order valence-corrected chi connectivity index (χ0v) is 12.3. The molecule has 21 heavy (non-hydrogen) atoms. The molecule has 2 saturated heterocycles. The lowest BCUT2D eigenvalue weighted by Crippen LogP contribution is -2.58. The summed E-state index contributed by atoms with van der Waals surface area (Å²) in [5.74, 6) is -1.75. The van der Waals surface area contributed by atoms with Crippen LogP contribution in [0.2, 0.25) is 0 Å². The van der Waals surface area contributed by atoms with E-state index in [9.17, 15) is 23.1 Å². The summed E-state index contributed by atoms with van der Waals surface area (Å²) >= 11 is 0. The second-order valence-electron chi connectivity index (χ2n) is 5.62. The van der Waals surface area contributed by atoms with E-state index >= 15 is 0 Å². The van der Waals surface area contributed by atoms with Gasteiger partial charge in [0.05, 0.1) is 11.6 Å². The highest BCUT2D eigenvalue weighted by atomic mass is 32.2. The SMILES string of the molecule is C[n+]1ccn(C[C@@]2(C)[C@H](C(=O)O)N3C(=O)CC3S2(=O)=O)n1. The number of aryl methyl sites for hydroxylation is 1. The number of carboxylic acid groups (broad SMARTS) is 1. The van der Waals surface area contributed by atoms with Gasteiger partial charge in [0.1, 0.15) is 23.7 Å². The normalized spacial score (nSPS) is 33.6. The van der Waals surface area contributed by atoms with Crippen molar-refractivity contribution in [2.45, 2.75) is 36.1 Å². The number of hydrogen-bond donors (Lipinski definition) is 1. The lowest BCUT2D eigenvalue weighted by atomic mass is 9.96. The van der Waals surface area contributed by atoms with Gasteiger partial charge in [-0.1, -0.05) is 0 Å². The Balaban J connectivity index is 2.08. The molecular formula is C11H15N4O5S+. The van der Waals surface area contributed by atoms with Crippen LogP contribution in [-0.4, -0.2) is 56.4 Å². The number of carbonyl (C=O) groups excluding carboxylic acids is 1. The van der Waals surface area contributed by atoms with Crippen LogP contribution in [0.5, 0.6) is 0 Å². The Hall–Kier alpha value is -1.97. The second kappa shape index (κ2) is 4.03. The first kappa shape index (κ1) is 14.0. The molecule has 3 atom stereocenters. The lowest BCUT2D eigenvalue weighted by molar-refractivity contribution is -0.732. The third kappa shape index (κ3) is 1.65. The number of nitrogens with zero attached hydrogens (tertiary/aromatic N) is 4. The molecule has 0 radical (unpaired) electrons. The van der Waals surface area contributed by atoms with Crippen LogP contribution in [0, 0.1) is 0 Å². The van der Waals surface area contributed by atoms with Crippen LogP contribution in [0.1, 0.15) is 13.3 Å². The molecule has 114 valence electrons. The van der Waals surface area contributed by atoms with Crippen LogP contribution in [0.4, 0.5) is 0 Å². The topological polar surface area (TPSA) is 113 Å². The monoisotopic (exact) mass is 315 g/mol. The number of fused-ring (bicyclic) bond motifs is 1. The van der Waals surface area contributed by atoms with Gasteiger partial charge in [-0.15, -0.1) is 9.36 Å². The quantitative estimate of drug-likeness (QED) is 0.505. The van der Waals surface area contributed by atoms with Crippen LogP contribution >= 0.6 is 0 Å². The molecule has 10 heteroatoms. The van der Waals surface area contributed by atoms with E-state index in [0.717, 1.165) is 4.90 Å². The van der Waals surface area contributed by atoms with Gasteiger partial charge in [0.25, 0.3) is 0 Å². The number of carboxylic acids is 1. The molecule has 3 rings (SSSR count). The molecule has 1 aromatic rings. The van der Waals surface area contributed by atoms with E-state index in [1.54, 1.807) is 19.4 Å². The fourth-order valence-corrected chi connectivity index (χ4v) is 5.47. The van der Waals surface area contributed by atoms with Gasteiger partial charge in [0.2, 0.25) is 5.91 Å². The number of β-lactam (4-membered cyclic amide) rings is 1. The molecule has 0 saturated carbocycles. The number of carbonyl (C=O) groups is 2. The van der Waals surface area contributed by atoms with Gasteiger partial charge in [-0.25, -0.2) is 13.2 Å². The van der Waals surface area contributed by atoms with Gasteiger partial charge >= 0.3 is 5.97 Å². The predicted octanol–water partition coefficient (Wildman–Crippen LogP) is -2.09. The minimum absolute atomic E-state index is 0.118. The first-order valence-electron chi connectivity index (χ1n) is 6.35. The molecule has 9 nitrogen and oxygen atoms in total. The Labute approximate surface area is 120 Å². The molecule has 2 fully saturated rings. The third-order valence-corrected chi connectivity index (χ3v) is 7.00. The van der Waals surface area contributed by atoms with E-state index in [0.29, 0.717) is 0 Å². The van der Waals surface area contributed by atoms with Gasteiger partial charge in [0, 0.05) is 0 Å². The molecule has 2 aliphatic heterocycles. The van der Waals surface area contributed by atoms with E-state index in [4.69, 9.17) is 0 Å². The molecule has 1 unspecified atom stereocenters. The Kier molecular flexibility index (Phi) is 2.68. The fraction of sp³-hybridized carbons (Fsp3) is 0.636. The molecule has 0 bridgehead atoms. The predicted molar refractivity (Wildman–Crippen MR) is 67.4 cm³/mol. The standard InChI is InChI=1S/C11H14N4O5S/c1-11(6-14-4-3-13(2)12-14)9(10(17)18)15-7(16)5-8(15)21(11,19)20/h3-4,8-9H,5-6H2,1-2H3/p+1/t8?,9-,11-/m0/s1. The molecule has 3 heterocycles. The summed E-state index contributed by atoms with van der Waals surface area (Å²) in [5.41, 5.74) is 0. The van der Waals surface area contributed by atoms with Crippen molar-refractivity contribution in [3.63, 3.8) is 0 Å². The highest BCUT2D eigenvalue weighted by molar-refractivity contribution is 7.93. The number of sulfone groups is 1. The Morgan fingerprint density at radius 3 is 2.76 bits per heavy atom. The summed E-state index contributed by atoms with van der Waals surface area (Å²) < 4.78 is 26.5. The lowest BCUT2D eigenvalue weighted by Gasteiger charge is -2.35. The van der Waals surface area contributed by atoms with Crippen LogP contribution in [0.3, 0.4) is 0 Å². The zero-order valence-electron chi connectivity index (χ0n) is 11.5.